The van der Waals surface area contributed by atoms with Gasteiger partial charge in [0.2, 0.25) is 5.95 Å². The number of benzene rings is 1. The summed E-state index contributed by atoms with van der Waals surface area (Å²) in [6.45, 7) is 5.34. The van der Waals surface area contributed by atoms with E-state index in [2.05, 4.69) is 25.1 Å². The minimum Gasteiger partial charge on any atom is -0.378 e. The van der Waals surface area contributed by atoms with Gasteiger partial charge >= 0.3 is 0 Å². The Morgan fingerprint density at radius 2 is 1.86 bits per heavy atom. The number of hydrogen-bond acceptors (Lipinski definition) is 6. The summed E-state index contributed by atoms with van der Waals surface area (Å²) in [5.41, 5.74) is 1.45. The van der Waals surface area contributed by atoms with E-state index in [1.165, 1.54) is 6.07 Å². The Morgan fingerprint density at radius 3 is 2.55 bits per heavy atom. The molecule has 1 aromatic heterocycles. The molecule has 0 radical (unpaired) electrons. The molecule has 2 fully saturated rings. The molecule has 2 saturated heterocycles. The van der Waals surface area contributed by atoms with E-state index in [4.69, 9.17) is 4.74 Å². The van der Waals surface area contributed by atoms with Crippen LogP contribution in [-0.2, 0) is 11.3 Å². The van der Waals surface area contributed by atoms with Crippen LogP contribution in [0.2, 0.25) is 0 Å². The lowest BCUT2D eigenvalue weighted by atomic mass is 10.0. The first-order valence-corrected chi connectivity index (χ1v) is 10.1. The third-order valence-electron chi connectivity index (χ3n) is 5.41. The molecule has 7 nitrogen and oxygen atoms in total. The Labute approximate surface area is 169 Å². The van der Waals surface area contributed by atoms with Gasteiger partial charge in [-0.1, -0.05) is 12.1 Å². The molecule has 0 saturated carbocycles. The van der Waals surface area contributed by atoms with Gasteiger partial charge in [0.15, 0.2) is 0 Å². The second kappa shape index (κ2) is 9.28. The maximum absolute atomic E-state index is 13.3. The van der Waals surface area contributed by atoms with Gasteiger partial charge < -0.3 is 15.0 Å². The van der Waals surface area contributed by atoms with E-state index in [-0.39, 0.29) is 17.8 Å². The number of rotatable bonds is 5. The maximum Gasteiger partial charge on any atom is 0.254 e. The van der Waals surface area contributed by atoms with Gasteiger partial charge in [-0.2, -0.15) is 0 Å². The lowest BCUT2D eigenvalue weighted by molar-refractivity contribution is 0.0908. The summed E-state index contributed by atoms with van der Waals surface area (Å²) in [6.07, 6.45) is 4.92. The number of nitrogens with one attached hydrogen (secondary N) is 1. The van der Waals surface area contributed by atoms with Gasteiger partial charge in [-0.25, -0.2) is 14.4 Å². The van der Waals surface area contributed by atoms with E-state index in [9.17, 15) is 9.18 Å². The van der Waals surface area contributed by atoms with E-state index in [1.54, 1.807) is 24.5 Å². The molecule has 3 heterocycles. The Morgan fingerprint density at radius 1 is 1.14 bits per heavy atom. The number of morpholine rings is 1. The van der Waals surface area contributed by atoms with Gasteiger partial charge in [-0.05, 0) is 30.5 Å². The van der Waals surface area contributed by atoms with Crippen molar-refractivity contribution in [2.45, 2.75) is 25.4 Å². The van der Waals surface area contributed by atoms with Crippen LogP contribution >= 0.6 is 0 Å². The second-order valence-electron chi connectivity index (χ2n) is 7.52. The van der Waals surface area contributed by atoms with E-state index in [0.29, 0.717) is 24.7 Å². The Kier molecular flexibility index (Phi) is 6.31. The van der Waals surface area contributed by atoms with Crippen LogP contribution < -0.4 is 10.2 Å². The summed E-state index contributed by atoms with van der Waals surface area (Å²) in [5, 5.41) is 3.09. The maximum atomic E-state index is 13.3. The number of carbonyl (C=O) groups excluding carboxylic acids is 1. The van der Waals surface area contributed by atoms with Crippen LogP contribution in [-0.4, -0.2) is 66.2 Å². The molecular weight excluding hydrogens is 373 g/mol. The lowest BCUT2D eigenvalue weighted by Gasteiger charge is -2.32. The summed E-state index contributed by atoms with van der Waals surface area (Å²) >= 11 is 0. The molecule has 0 unspecified atom stereocenters. The van der Waals surface area contributed by atoms with Crippen molar-refractivity contribution in [3.63, 3.8) is 0 Å². The van der Waals surface area contributed by atoms with E-state index in [1.807, 2.05) is 6.07 Å². The summed E-state index contributed by atoms with van der Waals surface area (Å²) < 4.78 is 18.7. The van der Waals surface area contributed by atoms with Crippen molar-refractivity contribution in [3.8, 4) is 0 Å². The number of likely N-dealkylation sites (tertiary alicyclic amines) is 1. The number of aromatic nitrogens is 2. The summed E-state index contributed by atoms with van der Waals surface area (Å²) in [4.78, 5) is 25.6. The first-order chi connectivity index (χ1) is 14.2. The highest BCUT2D eigenvalue weighted by Crippen LogP contribution is 2.15. The molecular formula is C21H26FN5O2. The predicted molar refractivity (Wildman–Crippen MR) is 107 cm³/mol. The molecule has 0 spiro atoms. The Balaban J connectivity index is 1.25. The number of anilines is 1. The minimum absolute atomic E-state index is 0.130. The number of carbonyl (C=O) groups is 1. The fourth-order valence-corrected chi connectivity index (χ4v) is 3.76. The molecule has 0 atom stereocenters. The molecule has 2 aliphatic rings. The number of halogens is 1. The van der Waals surface area contributed by atoms with Gasteiger partial charge in [-0.15, -0.1) is 0 Å². The topological polar surface area (TPSA) is 70.6 Å². The zero-order valence-electron chi connectivity index (χ0n) is 16.4. The highest BCUT2D eigenvalue weighted by molar-refractivity contribution is 5.93. The lowest BCUT2D eigenvalue weighted by Crippen LogP contribution is -2.44. The highest BCUT2D eigenvalue weighted by Gasteiger charge is 2.22. The highest BCUT2D eigenvalue weighted by atomic mass is 19.1. The average Bonchev–Trinajstić information content (AvgIpc) is 2.76. The second-order valence-corrected chi connectivity index (χ2v) is 7.52. The van der Waals surface area contributed by atoms with Crippen LogP contribution in [0.5, 0.6) is 0 Å². The molecule has 154 valence electrons. The van der Waals surface area contributed by atoms with Crippen molar-refractivity contribution >= 4 is 11.9 Å². The predicted octanol–water partition coefficient (Wildman–Crippen LogP) is 1.85. The number of piperidine rings is 1. The number of nitrogens with zero attached hydrogens (tertiary/aromatic N) is 4. The normalized spacial score (nSPS) is 18.6. The van der Waals surface area contributed by atoms with Crippen molar-refractivity contribution in [2.75, 3.05) is 44.3 Å². The number of ether oxygens (including phenoxy) is 1. The van der Waals surface area contributed by atoms with Gasteiger partial charge in [0.05, 0.1) is 18.8 Å². The monoisotopic (exact) mass is 399 g/mol. The van der Waals surface area contributed by atoms with Gasteiger partial charge in [-0.3, -0.25) is 9.69 Å². The zero-order chi connectivity index (χ0) is 20.1. The average molecular weight is 399 g/mol. The van der Waals surface area contributed by atoms with Crippen LogP contribution in [0.25, 0.3) is 0 Å². The minimum atomic E-state index is -0.202. The van der Waals surface area contributed by atoms with Gasteiger partial charge in [0.1, 0.15) is 5.82 Å². The molecule has 2 aromatic rings. The van der Waals surface area contributed by atoms with Crippen LogP contribution in [0, 0.1) is 5.82 Å². The van der Waals surface area contributed by atoms with Crippen LogP contribution in [0.15, 0.2) is 36.7 Å². The first kappa shape index (κ1) is 19.7. The van der Waals surface area contributed by atoms with Crippen LogP contribution in [0.3, 0.4) is 0 Å². The van der Waals surface area contributed by atoms with Gasteiger partial charge in [0, 0.05) is 51.2 Å². The van der Waals surface area contributed by atoms with Gasteiger partial charge in [0.25, 0.3) is 5.91 Å². The van der Waals surface area contributed by atoms with Crippen molar-refractivity contribution in [3.05, 3.63) is 53.6 Å². The molecule has 4 rings (SSSR count). The number of hydrogen-bond donors (Lipinski definition) is 1. The Hall–Kier alpha value is -2.58. The molecule has 1 aromatic carbocycles. The van der Waals surface area contributed by atoms with Crippen LogP contribution in [0.4, 0.5) is 10.3 Å². The molecule has 1 amide bonds. The molecule has 0 bridgehead atoms. The molecule has 8 heteroatoms. The smallest absolute Gasteiger partial charge is 0.254 e. The van der Waals surface area contributed by atoms with Crippen LogP contribution in [0.1, 0.15) is 28.8 Å². The summed E-state index contributed by atoms with van der Waals surface area (Å²) in [6, 6.07) is 6.85. The Bertz CT molecular complexity index is 818. The standard InChI is InChI=1S/C21H26FN5O2/c22-18-3-1-2-16(12-18)15-26-6-4-19(5-7-26)25-20(28)17-13-23-21(24-14-17)27-8-10-29-11-9-27/h1-3,12-14,19H,4-11,15H2,(H,25,28). The first-order valence-electron chi connectivity index (χ1n) is 10.1. The number of amides is 1. The van der Waals surface area contributed by atoms with Crippen molar-refractivity contribution in [2.24, 2.45) is 0 Å². The third-order valence-corrected chi connectivity index (χ3v) is 5.41. The van der Waals surface area contributed by atoms with Crippen molar-refractivity contribution in [1.29, 1.82) is 0 Å². The van der Waals surface area contributed by atoms with Crippen molar-refractivity contribution in [1.82, 2.24) is 20.2 Å². The van der Waals surface area contributed by atoms with E-state index >= 15 is 0 Å². The molecule has 0 aliphatic carbocycles. The molecule has 29 heavy (non-hydrogen) atoms. The SMILES string of the molecule is O=C(NC1CCN(Cc2cccc(F)c2)CC1)c1cnc(N2CCOCC2)nc1. The largest absolute Gasteiger partial charge is 0.378 e. The fourth-order valence-electron chi connectivity index (χ4n) is 3.76. The fraction of sp³-hybridized carbons (Fsp3) is 0.476. The van der Waals surface area contributed by atoms with E-state index < -0.39 is 0 Å². The van der Waals surface area contributed by atoms with Crippen molar-refractivity contribution < 1.29 is 13.9 Å². The molecule has 1 N–H and O–H groups in total. The third kappa shape index (κ3) is 5.27. The molecule has 2 aliphatic heterocycles. The van der Waals surface area contributed by atoms with E-state index in [0.717, 1.165) is 51.1 Å². The zero-order valence-corrected chi connectivity index (χ0v) is 16.4. The quantitative estimate of drug-likeness (QED) is 0.828. The summed E-state index contributed by atoms with van der Waals surface area (Å²) in [5.74, 6) is 0.295. The summed E-state index contributed by atoms with van der Waals surface area (Å²) in [7, 11) is 0.